The Morgan fingerprint density at radius 2 is 1.85 bits per heavy atom. The quantitative estimate of drug-likeness (QED) is 0.756. The van der Waals surface area contributed by atoms with E-state index in [1.165, 1.54) is 23.3 Å². The van der Waals surface area contributed by atoms with Gasteiger partial charge in [0.1, 0.15) is 0 Å². The molecule has 2 aromatic rings. The van der Waals surface area contributed by atoms with E-state index in [0.29, 0.717) is 6.04 Å². The Hall–Kier alpha value is -0.540. The maximum atomic E-state index is 5.97. The van der Waals surface area contributed by atoms with E-state index in [0.717, 1.165) is 28.2 Å². The zero-order chi connectivity index (χ0) is 13.9. The summed E-state index contributed by atoms with van der Waals surface area (Å²) in [4.78, 5) is 1.34. The largest absolute Gasteiger partial charge is 0.309 e. The van der Waals surface area contributed by atoms with Crippen LogP contribution in [0.1, 0.15) is 29.3 Å². The first-order valence-electron chi connectivity index (χ1n) is 6.95. The molecule has 0 amide bonds. The highest BCUT2D eigenvalue weighted by Crippen LogP contribution is 2.41. The van der Waals surface area contributed by atoms with Crippen LogP contribution in [-0.2, 0) is 6.42 Å². The number of rotatable bonds is 6. The standard InChI is InChI=1S/C16H17Cl2NS/c17-13-5-3-12(4-6-13)16(11-1-2-11)19-10-9-14-7-8-15(18)20-14/h3-8,11,16,19H,1-2,9-10H2. The minimum atomic E-state index is 0.461. The second kappa shape index (κ2) is 6.48. The first kappa shape index (κ1) is 14.4. The highest BCUT2D eigenvalue weighted by molar-refractivity contribution is 7.16. The Morgan fingerprint density at radius 3 is 2.45 bits per heavy atom. The molecule has 1 atom stereocenters. The Kier molecular flexibility index (Phi) is 4.67. The van der Waals surface area contributed by atoms with Crippen molar-refractivity contribution in [1.82, 2.24) is 5.32 Å². The van der Waals surface area contributed by atoms with E-state index in [4.69, 9.17) is 23.2 Å². The van der Waals surface area contributed by atoms with Gasteiger partial charge in [-0.15, -0.1) is 11.3 Å². The minimum absolute atomic E-state index is 0.461. The van der Waals surface area contributed by atoms with Crippen LogP contribution in [0.15, 0.2) is 36.4 Å². The Morgan fingerprint density at radius 1 is 1.10 bits per heavy atom. The monoisotopic (exact) mass is 325 g/mol. The van der Waals surface area contributed by atoms with Crippen LogP contribution in [0.2, 0.25) is 9.36 Å². The van der Waals surface area contributed by atoms with Gasteiger partial charge in [0.25, 0.3) is 0 Å². The molecule has 1 saturated carbocycles. The fourth-order valence-electron chi connectivity index (χ4n) is 2.49. The van der Waals surface area contributed by atoms with E-state index in [-0.39, 0.29) is 0 Å². The molecule has 0 spiro atoms. The van der Waals surface area contributed by atoms with E-state index in [9.17, 15) is 0 Å². The number of hydrogen-bond donors (Lipinski definition) is 1. The minimum Gasteiger partial charge on any atom is -0.309 e. The van der Waals surface area contributed by atoms with Crippen LogP contribution in [0.4, 0.5) is 0 Å². The summed E-state index contributed by atoms with van der Waals surface area (Å²) in [6.07, 6.45) is 3.68. The summed E-state index contributed by atoms with van der Waals surface area (Å²) in [6, 6.07) is 12.8. The molecule has 20 heavy (non-hydrogen) atoms. The normalized spacial score (nSPS) is 16.3. The molecule has 1 aliphatic carbocycles. The number of thiophene rings is 1. The molecule has 0 bridgehead atoms. The third-order valence-corrected chi connectivity index (χ3v) is 5.23. The van der Waals surface area contributed by atoms with Gasteiger partial charge in [-0.05, 0) is 55.0 Å². The van der Waals surface area contributed by atoms with Crippen LogP contribution in [0.3, 0.4) is 0 Å². The zero-order valence-electron chi connectivity index (χ0n) is 11.1. The summed E-state index contributed by atoms with van der Waals surface area (Å²) in [5.41, 5.74) is 1.35. The molecule has 1 heterocycles. The molecular weight excluding hydrogens is 309 g/mol. The van der Waals surface area contributed by atoms with Gasteiger partial charge in [0.2, 0.25) is 0 Å². The number of nitrogens with one attached hydrogen (secondary N) is 1. The first-order chi connectivity index (χ1) is 9.72. The zero-order valence-corrected chi connectivity index (χ0v) is 13.4. The number of hydrogen-bond acceptors (Lipinski definition) is 2. The molecule has 1 N–H and O–H groups in total. The van der Waals surface area contributed by atoms with Crippen molar-refractivity contribution in [3.63, 3.8) is 0 Å². The molecule has 1 aromatic carbocycles. The fraction of sp³-hybridized carbons (Fsp3) is 0.375. The third-order valence-electron chi connectivity index (χ3n) is 3.69. The molecule has 106 valence electrons. The van der Waals surface area contributed by atoms with Crippen LogP contribution >= 0.6 is 34.5 Å². The molecule has 1 nitrogen and oxygen atoms in total. The fourth-order valence-corrected chi connectivity index (χ4v) is 3.71. The molecule has 4 heteroatoms. The van der Waals surface area contributed by atoms with Crippen LogP contribution in [0.25, 0.3) is 0 Å². The van der Waals surface area contributed by atoms with Gasteiger partial charge in [-0.2, -0.15) is 0 Å². The van der Waals surface area contributed by atoms with Gasteiger partial charge in [-0.3, -0.25) is 0 Å². The van der Waals surface area contributed by atoms with E-state index < -0.39 is 0 Å². The van der Waals surface area contributed by atoms with Gasteiger partial charge >= 0.3 is 0 Å². The number of halogens is 2. The maximum Gasteiger partial charge on any atom is 0.0931 e. The smallest absolute Gasteiger partial charge is 0.0931 e. The van der Waals surface area contributed by atoms with Gasteiger partial charge in [-0.25, -0.2) is 0 Å². The molecule has 3 rings (SSSR count). The van der Waals surface area contributed by atoms with Gasteiger partial charge in [0.15, 0.2) is 0 Å². The van der Waals surface area contributed by atoms with Gasteiger partial charge in [0, 0.05) is 22.5 Å². The molecular formula is C16H17Cl2NS. The summed E-state index contributed by atoms with van der Waals surface area (Å²) in [5, 5.41) is 4.50. The molecule has 1 unspecified atom stereocenters. The van der Waals surface area contributed by atoms with Crippen molar-refractivity contribution < 1.29 is 0 Å². The van der Waals surface area contributed by atoms with Crippen LogP contribution < -0.4 is 5.32 Å². The lowest BCUT2D eigenvalue weighted by Gasteiger charge is -2.18. The predicted molar refractivity (Wildman–Crippen MR) is 88.0 cm³/mol. The van der Waals surface area contributed by atoms with Crippen molar-refractivity contribution in [1.29, 1.82) is 0 Å². The topological polar surface area (TPSA) is 12.0 Å². The van der Waals surface area contributed by atoms with Crippen molar-refractivity contribution in [2.75, 3.05) is 6.54 Å². The van der Waals surface area contributed by atoms with Gasteiger partial charge in [0.05, 0.1) is 4.34 Å². The Bertz CT molecular complexity index is 560. The van der Waals surface area contributed by atoms with Crippen molar-refractivity contribution in [3.8, 4) is 0 Å². The molecule has 0 radical (unpaired) electrons. The van der Waals surface area contributed by atoms with Gasteiger partial charge < -0.3 is 5.32 Å². The third kappa shape index (κ3) is 3.76. The summed E-state index contributed by atoms with van der Waals surface area (Å²) >= 11 is 13.6. The second-order valence-electron chi connectivity index (χ2n) is 5.28. The molecule has 1 fully saturated rings. The first-order valence-corrected chi connectivity index (χ1v) is 8.52. The average Bonchev–Trinajstić information content (AvgIpc) is 3.19. The van der Waals surface area contributed by atoms with Crippen molar-refractivity contribution in [2.24, 2.45) is 5.92 Å². The van der Waals surface area contributed by atoms with Crippen LogP contribution in [-0.4, -0.2) is 6.54 Å². The molecule has 0 aliphatic heterocycles. The summed E-state index contributed by atoms with van der Waals surface area (Å²) < 4.78 is 0.872. The van der Waals surface area contributed by atoms with Crippen molar-refractivity contribution in [2.45, 2.75) is 25.3 Å². The molecule has 1 aliphatic rings. The summed E-state index contributed by atoms with van der Waals surface area (Å²) in [5.74, 6) is 0.781. The SMILES string of the molecule is Clc1ccc(C(NCCc2ccc(Cl)s2)C2CC2)cc1. The van der Waals surface area contributed by atoms with Gasteiger partial charge in [-0.1, -0.05) is 35.3 Å². The van der Waals surface area contributed by atoms with E-state index in [1.54, 1.807) is 11.3 Å². The predicted octanol–water partition coefficient (Wildman–Crippen LogP) is 5.34. The Labute approximate surface area is 133 Å². The number of benzene rings is 1. The summed E-state index contributed by atoms with van der Waals surface area (Å²) in [7, 11) is 0. The van der Waals surface area contributed by atoms with E-state index in [2.05, 4.69) is 23.5 Å². The summed E-state index contributed by atoms with van der Waals surface area (Å²) in [6.45, 7) is 0.987. The van der Waals surface area contributed by atoms with Crippen molar-refractivity contribution in [3.05, 3.63) is 56.2 Å². The maximum absolute atomic E-state index is 5.97. The van der Waals surface area contributed by atoms with Crippen LogP contribution in [0.5, 0.6) is 0 Å². The second-order valence-corrected chi connectivity index (χ2v) is 7.51. The molecule has 0 saturated heterocycles. The Balaban J connectivity index is 1.59. The van der Waals surface area contributed by atoms with E-state index >= 15 is 0 Å². The lowest BCUT2D eigenvalue weighted by atomic mass is 10.0. The lowest BCUT2D eigenvalue weighted by molar-refractivity contribution is 0.485. The highest BCUT2D eigenvalue weighted by Gasteiger charge is 2.31. The average molecular weight is 326 g/mol. The lowest BCUT2D eigenvalue weighted by Crippen LogP contribution is -2.25. The molecule has 1 aromatic heterocycles. The van der Waals surface area contributed by atoms with Crippen molar-refractivity contribution >= 4 is 34.5 Å². The van der Waals surface area contributed by atoms with E-state index in [1.807, 2.05) is 18.2 Å². The van der Waals surface area contributed by atoms with Crippen LogP contribution in [0, 0.1) is 5.92 Å². The highest BCUT2D eigenvalue weighted by atomic mass is 35.5.